The first kappa shape index (κ1) is 19.2. The Morgan fingerprint density at radius 2 is 1.86 bits per heavy atom. The number of aliphatic imine (C=N–C) groups is 1. The lowest BCUT2D eigenvalue weighted by molar-refractivity contribution is 0.154. The standard InChI is InChI=1S/C15H31N3O3S/c1-16-15(17-9-5-8-14-6-3-4-7-14)18-10-11-21-12-13-22(2,19)20/h14H,3-13H2,1-2H3,(H2,16,17,18). The van der Waals surface area contributed by atoms with Crippen LogP contribution in [0.4, 0.5) is 0 Å². The van der Waals surface area contributed by atoms with Gasteiger partial charge in [-0.05, 0) is 18.8 Å². The summed E-state index contributed by atoms with van der Waals surface area (Å²) in [5, 5.41) is 6.46. The first-order valence-electron chi connectivity index (χ1n) is 8.21. The van der Waals surface area contributed by atoms with Crippen molar-refractivity contribution < 1.29 is 13.2 Å². The number of ether oxygens (including phenoxy) is 1. The summed E-state index contributed by atoms with van der Waals surface area (Å²) < 4.78 is 27.1. The van der Waals surface area contributed by atoms with Crippen LogP contribution in [0.1, 0.15) is 38.5 Å². The van der Waals surface area contributed by atoms with Gasteiger partial charge in [-0.15, -0.1) is 0 Å². The molecule has 1 saturated carbocycles. The van der Waals surface area contributed by atoms with Crippen LogP contribution in [0.25, 0.3) is 0 Å². The van der Waals surface area contributed by atoms with Crippen molar-refractivity contribution in [2.45, 2.75) is 38.5 Å². The maximum atomic E-state index is 10.9. The van der Waals surface area contributed by atoms with Gasteiger partial charge in [0, 0.05) is 26.4 Å². The van der Waals surface area contributed by atoms with E-state index in [1.165, 1.54) is 44.8 Å². The van der Waals surface area contributed by atoms with Crippen molar-refractivity contribution >= 4 is 15.8 Å². The van der Waals surface area contributed by atoms with Crippen molar-refractivity contribution in [1.82, 2.24) is 10.6 Å². The fourth-order valence-corrected chi connectivity index (χ4v) is 3.09. The van der Waals surface area contributed by atoms with Crippen molar-refractivity contribution in [3.8, 4) is 0 Å². The van der Waals surface area contributed by atoms with E-state index < -0.39 is 9.84 Å². The monoisotopic (exact) mass is 333 g/mol. The minimum Gasteiger partial charge on any atom is -0.379 e. The molecule has 130 valence electrons. The number of sulfone groups is 1. The van der Waals surface area contributed by atoms with Crippen molar-refractivity contribution in [2.75, 3.05) is 45.4 Å². The summed E-state index contributed by atoms with van der Waals surface area (Å²) in [6, 6.07) is 0. The van der Waals surface area contributed by atoms with Crippen LogP contribution in [0.3, 0.4) is 0 Å². The van der Waals surface area contributed by atoms with Gasteiger partial charge in [-0.1, -0.05) is 25.7 Å². The Bertz CT molecular complexity index is 418. The van der Waals surface area contributed by atoms with E-state index in [2.05, 4.69) is 15.6 Å². The molecule has 7 heteroatoms. The van der Waals surface area contributed by atoms with Gasteiger partial charge in [-0.3, -0.25) is 4.99 Å². The molecule has 2 N–H and O–H groups in total. The van der Waals surface area contributed by atoms with E-state index in [9.17, 15) is 8.42 Å². The maximum absolute atomic E-state index is 10.9. The summed E-state index contributed by atoms with van der Waals surface area (Å²) >= 11 is 0. The molecule has 0 atom stereocenters. The lowest BCUT2D eigenvalue weighted by atomic mass is 10.0. The van der Waals surface area contributed by atoms with E-state index in [4.69, 9.17) is 4.74 Å². The lowest BCUT2D eigenvalue weighted by Crippen LogP contribution is -2.39. The third-order valence-corrected chi connectivity index (χ3v) is 4.83. The molecule has 6 nitrogen and oxygen atoms in total. The predicted octanol–water partition coefficient (Wildman–Crippen LogP) is 1.18. The molecule has 1 aliphatic carbocycles. The highest BCUT2D eigenvalue weighted by Crippen LogP contribution is 2.28. The largest absolute Gasteiger partial charge is 0.379 e. The molecule has 0 saturated heterocycles. The topological polar surface area (TPSA) is 79.8 Å². The van der Waals surface area contributed by atoms with Crippen molar-refractivity contribution in [3.05, 3.63) is 0 Å². The van der Waals surface area contributed by atoms with Crippen molar-refractivity contribution in [2.24, 2.45) is 10.9 Å². The normalized spacial score (nSPS) is 16.9. The highest BCUT2D eigenvalue weighted by Gasteiger charge is 2.13. The van der Waals surface area contributed by atoms with Crippen LogP contribution in [0.15, 0.2) is 4.99 Å². The quantitative estimate of drug-likeness (QED) is 0.356. The molecule has 0 aromatic rings. The van der Waals surface area contributed by atoms with Crippen molar-refractivity contribution in [3.63, 3.8) is 0 Å². The molecular formula is C15H31N3O3S. The summed E-state index contributed by atoms with van der Waals surface area (Å²) in [5.41, 5.74) is 0. The molecule has 0 aliphatic heterocycles. The molecule has 0 spiro atoms. The SMILES string of the molecule is CN=C(NCCCC1CCCC1)NCCOCCS(C)(=O)=O. The average Bonchev–Trinajstić information content (AvgIpc) is 2.96. The first-order chi connectivity index (χ1) is 10.5. The van der Waals surface area contributed by atoms with Gasteiger partial charge in [0.2, 0.25) is 0 Å². The van der Waals surface area contributed by atoms with Gasteiger partial charge >= 0.3 is 0 Å². The minimum absolute atomic E-state index is 0.0706. The smallest absolute Gasteiger partial charge is 0.191 e. The van der Waals surface area contributed by atoms with E-state index in [0.29, 0.717) is 13.2 Å². The summed E-state index contributed by atoms with van der Waals surface area (Å²) in [6.45, 7) is 2.27. The highest BCUT2D eigenvalue weighted by molar-refractivity contribution is 7.90. The van der Waals surface area contributed by atoms with Crippen molar-refractivity contribution in [1.29, 1.82) is 0 Å². The Morgan fingerprint density at radius 3 is 2.50 bits per heavy atom. The molecule has 1 aliphatic rings. The van der Waals surface area contributed by atoms with E-state index in [1.807, 2.05) is 0 Å². The second-order valence-corrected chi connectivity index (χ2v) is 8.22. The van der Waals surface area contributed by atoms with E-state index >= 15 is 0 Å². The number of nitrogens with one attached hydrogen (secondary N) is 2. The Kier molecular flexibility index (Phi) is 9.47. The van der Waals surface area contributed by atoms with E-state index in [0.717, 1.165) is 18.4 Å². The fraction of sp³-hybridized carbons (Fsp3) is 0.933. The second-order valence-electron chi connectivity index (χ2n) is 5.96. The lowest BCUT2D eigenvalue weighted by Gasteiger charge is -2.13. The Balaban J connectivity index is 1.97. The van der Waals surface area contributed by atoms with E-state index in [1.54, 1.807) is 7.05 Å². The zero-order chi connectivity index (χ0) is 16.3. The number of rotatable bonds is 10. The summed E-state index contributed by atoms with van der Waals surface area (Å²) in [4.78, 5) is 4.16. The predicted molar refractivity (Wildman–Crippen MR) is 91.1 cm³/mol. The molecule has 22 heavy (non-hydrogen) atoms. The zero-order valence-electron chi connectivity index (χ0n) is 13.9. The number of hydrogen-bond donors (Lipinski definition) is 2. The molecule has 0 bridgehead atoms. The summed E-state index contributed by atoms with van der Waals surface area (Å²) in [7, 11) is -1.19. The first-order valence-corrected chi connectivity index (χ1v) is 10.3. The number of hydrogen-bond acceptors (Lipinski definition) is 4. The maximum Gasteiger partial charge on any atom is 0.191 e. The summed E-state index contributed by atoms with van der Waals surface area (Å²) in [5.74, 6) is 1.78. The fourth-order valence-electron chi connectivity index (χ4n) is 2.67. The van der Waals surface area contributed by atoms with Gasteiger partial charge in [-0.25, -0.2) is 8.42 Å². The third-order valence-electron chi connectivity index (χ3n) is 3.92. The Hall–Kier alpha value is -0.820. The molecular weight excluding hydrogens is 302 g/mol. The molecule has 0 amide bonds. The average molecular weight is 333 g/mol. The number of nitrogens with zero attached hydrogens (tertiary/aromatic N) is 1. The molecule has 1 fully saturated rings. The Morgan fingerprint density at radius 1 is 1.18 bits per heavy atom. The van der Waals surface area contributed by atoms with Gasteiger partial charge in [0.25, 0.3) is 0 Å². The van der Waals surface area contributed by atoms with Crippen LogP contribution < -0.4 is 10.6 Å². The van der Waals surface area contributed by atoms with Crippen LogP contribution in [0, 0.1) is 5.92 Å². The minimum atomic E-state index is -2.94. The van der Waals surface area contributed by atoms with Crippen LogP contribution >= 0.6 is 0 Å². The molecule has 0 aromatic heterocycles. The molecule has 0 heterocycles. The third kappa shape index (κ3) is 10.00. The van der Waals surface area contributed by atoms with Gasteiger partial charge < -0.3 is 15.4 Å². The van der Waals surface area contributed by atoms with Crippen LogP contribution in [-0.2, 0) is 14.6 Å². The summed E-state index contributed by atoms with van der Waals surface area (Å²) in [6.07, 6.45) is 9.30. The highest BCUT2D eigenvalue weighted by atomic mass is 32.2. The van der Waals surface area contributed by atoms with Gasteiger partial charge in [0.1, 0.15) is 9.84 Å². The van der Waals surface area contributed by atoms with Gasteiger partial charge in [-0.2, -0.15) is 0 Å². The van der Waals surface area contributed by atoms with Gasteiger partial charge in [0.05, 0.1) is 19.0 Å². The molecule has 0 unspecified atom stereocenters. The zero-order valence-corrected chi connectivity index (χ0v) is 14.8. The molecule has 0 radical (unpaired) electrons. The van der Waals surface area contributed by atoms with Crippen LogP contribution in [0.2, 0.25) is 0 Å². The van der Waals surface area contributed by atoms with Crippen LogP contribution in [-0.4, -0.2) is 59.7 Å². The second kappa shape index (κ2) is 10.8. The molecule has 1 rings (SSSR count). The Labute approximate surface area is 135 Å². The number of guanidine groups is 1. The van der Waals surface area contributed by atoms with Gasteiger partial charge in [0.15, 0.2) is 5.96 Å². The molecule has 0 aromatic carbocycles. The van der Waals surface area contributed by atoms with Crippen LogP contribution in [0.5, 0.6) is 0 Å². The van der Waals surface area contributed by atoms with E-state index in [-0.39, 0.29) is 12.4 Å².